The maximum absolute atomic E-state index is 9.09. The molecule has 1 unspecified atom stereocenters. The van der Waals surface area contributed by atoms with Crippen LogP contribution in [0.4, 0.5) is 5.69 Å². The molecule has 17 heavy (non-hydrogen) atoms. The monoisotopic (exact) mass is 233 g/mol. The molecular formula is C15H23NO. The molecule has 1 atom stereocenters. The fourth-order valence-corrected chi connectivity index (χ4v) is 2.77. The molecule has 1 saturated heterocycles. The normalized spacial score (nSPS) is 23.7. The molecule has 1 aliphatic heterocycles. The van der Waals surface area contributed by atoms with Gasteiger partial charge in [-0.15, -0.1) is 0 Å². The lowest BCUT2D eigenvalue weighted by Gasteiger charge is -2.47. The summed E-state index contributed by atoms with van der Waals surface area (Å²) in [6.07, 6.45) is 3.36. The van der Waals surface area contributed by atoms with Gasteiger partial charge in [-0.05, 0) is 51.2 Å². The van der Waals surface area contributed by atoms with Gasteiger partial charge in [0.2, 0.25) is 0 Å². The highest BCUT2D eigenvalue weighted by Gasteiger charge is 2.33. The quantitative estimate of drug-likeness (QED) is 0.867. The van der Waals surface area contributed by atoms with Crippen LogP contribution < -0.4 is 4.90 Å². The Balaban J connectivity index is 2.16. The van der Waals surface area contributed by atoms with Crippen LogP contribution in [0.25, 0.3) is 0 Å². The summed E-state index contributed by atoms with van der Waals surface area (Å²) < 4.78 is 0. The first-order valence-corrected chi connectivity index (χ1v) is 6.57. The van der Waals surface area contributed by atoms with Crippen LogP contribution in [0.1, 0.15) is 33.1 Å². The fraction of sp³-hybridized carbons (Fsp3) is 0.600. The highest BCUT2D eigenvalue weighted by atomic mass is 16.3. The van der Waals surface area contributed by atoms with Crippen molar-refractivity contribution in [3.05, 3.63) is 30.3 Å². The molecule has 2 rings (SSSR count). The van der Waals surface area contributed by atoms with Gasteiger partial charge in [-0.25, -0.2) is 0 Å². The highest BCUT2D eigenvalue weighted by Crippen LogP contribution is 2.35. The first-order chi connectivity index (χ1) is 8.13. The number of hydrogen-bond acceptors (Lipinski definition) is 2. The zero-order chi connectivity index (χ0) is 12.3. The summed E-state index contributed by atoms with van der Waals surface area (Å²) >= 11 is 0. The lowest BCUT2D eigenvalue weighted by molar-refractivity contribution is 0.217. The third kappa shape index (κ3) is 2.81. The lowest BCUT2D eigenvalue weighted by Crippen LogP contribution is -2.50. The van der Waals surface area contributed by atoms with Crippen molar-refractivity contribution in [2.75, 3.05) is 18.1 Å². The van der Waals surface area contributed by atoms with Gasteiger partial charge in [0.05, 0.1) is 0 Å². The second-order valence-electron chi connectivity index (χ2n) is 5.68. The summed E-state index contributed by atoms with van der Waals surface area (Å²) in [4.78, 5) is 2.50. The van der Waals surface area contributed by atoms with Crippen molar-refractivity contribution in [3.8, 4) is 0 Å². The van der Waals surface area contributed by atoms with Gasteiger partial charge >= 0.3 is 0 Å². The van der Waals surface area contributed by atoms with E-state index >= 15 is 0 Å². The molecule has 2 heteroatoms. The summed E-state index contributed by atoms with van der Waals surface area (Å²) in [5, 5.41) is 9.09. The van der Waals surface area contributed by atoms with Gasteiger partial charge in [0.15, 0.2) is 0 Å². The molecule has 0 saturated carbocycles. The van der Waals surface area contributed by atoms with Crippen molar-refractivity contribution in [2.24, 2.45) is 5.92 Å². The predicted molar refractivity (Wildman–Crippen MR) is 72.3 cm³/mol. The van der Waals surface area contributed by atoms with E-state index in [4.69, 9.17) is 5.11 Å². The second kappa shape index (κ2) is 5.09. The lowest BCUT2D eigenvalue weighted by atomic mass is 9.83. The van der Waals surface area contributed by atoms with Crippen LogP contribution in [0.2, 0.25) is 0 Å². The predicted octanol–water partition coefficient (Wildman–Crippen LogP) is 3.06. The summed E-state index contributed by atoms with van der Waals surface area (Å²) in [6, 6.07) is 10.6. The molecule has 1 fully saturated rings. The van der Waals surface area contributed by atoms with E-state index in [0.29, 0.717) is 12.5 Å². The third-order valence-corrected chi connectivity index (χ3v) is 3.94. The summed E-state index contributed by atoms with van der Waals surface area (Å²) in [5.41, 5.74) is 1.54. The third-order valence-electron chi connectivity index (χ3n) is 3.94. The molecular weight excluding hydrogens is 210 g/mol. The Morgan fingerprint density at radius 2 is 2.00 bits per heavy atom. The van der Waals surface area contributed by atoms with Crippen LogP contribution in [0.15, 0.2) is 30.3 Å². The largest absolute Gasteiger partial charge is 0.396 e. The number of rotatable bonds is 3. The van der Waals surface area contributed by atoms with Gasteiger partial charge < -0.3 is 10.0 Å². The molecule has 0 aliphatic carbocycles. The Morgan fingerprint density at radius 1 is 1.29 bits per heavy atom. The number of hydrogen-bond donors (Lipinski definition) is 1. The number of anilines is 1. The van der Waals surface area contributed by atoms with Gasteiger partial charge in [0, 0.05) is 24.4 Å². The minimum Gasteiger partial charge on any atom is -0.396 e. The molecule has 94 valence electrons. The summed E-state index contributed by atoms with van der Waals surface area (Å²) in [5.74, 6) is 0.633. The number of piperidine rings is 1. The van der Waals surface area contributed by atoms with Crippen LogP contribution in [0.5, 0.6) is 0 Å². The standard InChI is InChI=1S/C15H23NO/c1-15(2)10-8-13(9-11-17)12-16(15)14-6-4-3-5-7-14/h3-7,13,17H,8-12H2,1-2H3. The molecule has 1 aliphatic rings. The van der Waals surface area contributed by atoms with E-state index < -0.39 is 0 Å². The number of para-hydroxylation sites is 1. The Morgan fingerprint density at radius 3 is 2.65 bits per heavy atom. The van der Waals surface area contributed by atoms with E-state index in [-0.39, 0.29) is 5.54 Å². The van der Waals surface area contributed by atoms with Gasteiger partial charge in [0.25, 0.3) is 0 Å². The zero-order valence-electron chi connectivity index (χ0n) is 10.9. The van der Waals surface area contributed by atoms with Gasteiger partial charge in [-0.3, -0.25) is 0 Å². The van der Waals surface area contributed by atoms with E-state index in [1.54, 1.807) is 0 Å². The molecule has 0 bridgehead atoms. The molecule has 1 aromatic carbocycles. The Kier molecular flexibility index (Phi) is 3.72. The maximum atomic E-state index is 9.09. The maximum Gasteiger partial charge on any atom is 0.0434 e. The fourth-order valence-electron chi connectivity index (χ4n) is 2.77. The number of aliphatic hydroxyl groups is 1. The molecule has 1 aromatic rings. The minimum atomic E-state index is 0.229. The van der Waals surface area contributed by atoms with Crippen molar-refractivity contribution >= 4 is 5.69 Å². The van der Waals surface area contributed by atoms with Crippen molar-refractivity contribution in [3.63, 3.8) is 0 Å². The molecule has 2 nitrogen and oxygen atoms in total. The van der Waals surface area contributed by atoms with Crippen LogP contribution in [0.3, 0.4) is 0 Å². The van der Waals surface area contributed by atoms with Crippen LogP contribution in [-0.4, -0.2) is 23.8 Å². The van der Waals surface area contributed by atoms with Gasteiger partial charge in [-0.2, -0.15) is 0 Å². The second-order valence-corrected chi connectivity index (χ2v) is 5.68. The summed E-state index contributed by atoms with van der Waals surface area (Å²) in [6.45, 7) is 6.01. The van der Waals surface area contributed by atoms with E-state index in [0.717, 1.165) is 13.0 Å². The Labute approximate surface area is 104 Å². The Bertz CT molecular complexity index is 347. The molecule has 0 radical (unpaired) electrons. The van der Waals surface area contributed by atoms with E-state index in [2.05, 4.69) is 49.1 Å². The van der Waals surface area contributed by atoms with E-state index in [1.807, 2.05) is 0 Å². The number of nitrogens with zero attached hydrogens (tertiary/aromatic N) is 1. The zero-order valence-corrected chi connectivity index (χ0v) is 10.9. The molecule has 0 spiro atoms. The minimum absolute atomic E-state index is 0.229. The average Bonchev–Trinajstić information content (AvgIpc) is 2.33. The van der Waals surface area contributed by atoms with Gasteiger partial charge in [-0.1, -0.05) is 18.2 Å². The average molecular weight is 233 g/mol. The molecule has 1 heterocycles. The van der Waals surface area contributed by atoms with Gasteiger partial charge in [0.1, 0.15) is 0 Å². The topological polar surface area (TPSA) is 23.5 Å². The van der Waals surface area contributed by atoms with Crippen LogP contribution in [-0.2, 0) is 0 Å². The first kappa shape index (κ1) is 12.4. The van der Waals surface area contributed by atoms with Crippen molar-refractivity contribution in [2.45, 2.75) is 38.6 Å². The molecule has 0 amide bonds. The van der Waals surface area contributed by atoms with Crippen LogP contribution in [0, 0.1) is 5.92 Å². The molecule has 1 N–H and O–H groups in total. The highest BCUT2D eigenvalue weighted by molar-refractivity contribution is 5.49. The number of aliphatic hydroxyl groups excluding tert-OH is 1. The van der Waals surface area contributed by atoms with Crippen molar-refractivity contribution in [1.82, 2.24) is 0 Å². The SMILES string of the molecule is CC1(C)CCC(CCO)CN1c1ccccc1. The van der Waals surface area contributed by atoms with E-state index in [1.165, 1.54) is 18.5 Å². The Hall–Kier alpha value is -1.02. The molecule has 0 aromatic heterocycles. The smallest absolute Gasteiger partial charge is 0.0434 e. The number of benzene rings is 1. The van der Waals surface area contributed by atoms with Crippen molar-refractivity contribution in [1.29, 1.82) is 0 Å². The first-order valence-electron chi connectivity index (χ1n) is 6.57. The van der Waals surface area contributed by atoms with E-state index in [9.17, 15) is 0 Å². The van der Waals surface area contributed by atoms with Crippen molar-refractivity contribution < 1.29 is 5.11 Å². The summed E-state index contributed by atoms with van der Waals surface area (Å²) in [7, 11) is 0. The van der Waals surface area contributed by atoms with Crippen LogP contribution >= 0.6 is 0 Å².